The van der Waals surface area contributed by atoms with Crippen molar-refractivity contribution < 1.29 is 53.0 Å². The van der Waals surface area contributed by atoms with Crippen molar-refractivity contribution in [3.63, 3.8) is 0 Å². The Morgan fingerprint density at radius 3 is 2.08 bits per heavy atom. The minimum Gasteiger partial charge on any atom is -0.491 e. The summed E-state index contributed by atoms with van der Waals surface area (Å²) in [7, 11) is -7.85. The number of ether oxygens (including phenoxy) is 3. The Kier molecular flexibility index (Phi) is 9.69. The predicted octanol–water partition coefficient (Wildman–Crippen LogP) is 6.59. The average Bonchev–Trinajstić information content (AvgIpc) is 2.86. The molecule has 0 spiro atoms. The van der Waals surface area contributed by atoms with Gasteiger partial charge in [-0.05, 0) is 51.1 Å². The summed E-state index contributed by atoms with van der Waals surface area (Å²) in [5.74, 6) is -1.14. The average molecular weight is 617 g/mol. The molecule has 0 N–H and O–H groups in total. The maximum atomic E-state index is 15.4. The van der Waals surface area contributed by atoms with Crippen LogP contribution in [-0.4, -0.2) is 63.8 Å². The van der Waals surface area contributed by atoms with E-state index in [1.807, 2.05) is 0 Å². The Labute approximate surface area is 231 Å². The van der Waals surface area contributed by atoms with Crippen molar-refractivity contribution in [1.29, 1.82) is 0 Å². The van der Waals surface area contributed by atoms with Crippen LogP contribution >= 0.6 is 10.3 Å². The van der Waals surface area contributed by atoms with Gasteiger partial charge in [0.25, 0.3) is 6.10 Å². The van der Waals surface area contributed by atoms with Crippen LogP contribution in [0.2, 0.25) is 0 Å². The second-order valence-electron chi connectivity index (χ2n) is 10.4. The molecule has 1 aliphatic rings. The van der Waals surface area contributed by atoms with Crippen molar-refractivity contribution >= 4 is 37.2 Å². The minimum absolute atomic E-state index is 0.0364. The molecule has 1 fully saturated rings. The van der Waals surface area contributed by atoms with Gasteiger partial charge in [-0.1, -0.05) is 41.0 Å². The van der Waals surface area contributed by atoms with E-state index in [1.165, 1.54) is 13.2 Å². The highest BCUT2D eigenvalue weighted by molar-refractivity contribution is 8.33. The van der Waals surface area contributed by atoms with Crippen molar-refractivity contribution in [2.24, 2.45) is 5.41 Å². The highest BCUT2D eigenvalue weighted by Gasteiger charge is 2.68. The SMILES string of the molecule is COCCOc1ccc(S2(OS(=O)(=O)C(F)(F)C(OC(=O)C(C)(C)C)C(F)(F)F)CCCCC2)c2ccccc12. The summed E-state index contributed by atoms with van der Waals surface area (Å²) < 4.78 is 118. The molecule has 0 aromatic heterocycles. The van der Waals surface area contributed by atoms with Crippen LogP contribution in [0.1, 0.15) is 40.0 Å². The van der Waals surface area contributed by atoms with Crippen LogP contribution in [0.3, 0.4) is 0 Å². The van der Waals surface area contributed by atoms with Crippen LogP contribution in [0.15, 0.2) is 41.3 Å². The van der Waals surface area contributed by atoms with Crippen molar-refractivity contribution in [2.75, 3.05) is 31.8 Å². The third-order valence-electron chi connectivity index (χ3n) is 6.23. The first-order chi connectivity index (χ1) is 18.5. The number of rotatable bonds is 10. The number of carbonyl (C=O) groups is 1. The van der Waals surface area contributed by atoms with Crippen molar-refractivity contribution in [3.8, 4) is 5.75 Å². The van der Waals surface area contributed by atoms with Gasteiger partial charge >= 0.3 is 27.5 Å². The standard InChI is InChI=1S/C26H33F5O7S2/c1-24(2,3)23(32)37-22(25(27,28)29)26(30,31)40(33,34)38-39(16-8-5-9-17-39)21-13-12-20(36-15-14-35-4)18-10-6-7-11-19(18)21/h6-7,10-13,22H,5,8-9,14-17H2,1-4H3. The second kappa shape index (κ2) is 12.0. The van der Waals surface area contributed by atoms with E-state index in [1.54, 1.807) is 30.3 Å². The van der Waals surface area contributed by atoms with Gasteiger partial charge in [0, 0.05) is 28.9 Å². The van der Waals surface area contributed by atoms with E-state index < -0.39 is 49.3 Å². The van der Waals surface area contributed by atoms with E-state index in [2.05, 4.69) is 4.74 Å². The molecule has 0 aliphatic carbocycles. The van der Waals surface area contributed by atoms with E-state index in [0.29, 0.717) is 47.3 Å². The van der Waals surface area contributed by atoms with Crippen molar-refractivity contribution in [1.82, 2.24) is 0 Å². The van der Waals surface area contributed by atoms with Gasteiger partial charge in [-0.15, -0.1) is 0 Å². The van der Waals surface area contributed by atoms with Crippen LogP contribution in [0.4, 0.5) is 22.0 Å². The molecule has 1 aliphatic heterocycles. The summed E-state index contributed by atoms with van der Waals surface area (Å²) in [5.41, 5.74) is -1.61. The summed E-state index contributed by atoms with van der Waals surface area (Å²) in [5, 5.41) is -4.60. The first-order valence-corrected chi connectivity index (χ1v) is 15.8. The number of benzene rings is 2. The third kappa shape index (κ3) is 6.82. The summed E-state index contributed by atoms with van der Waals surface area (Å²) in [6, 6.07) is 9.78. The Balaban J connectivity index is 2.10. The predicted molar refractivity (Wildman–Crippen MR) is 141 cm³/mol. The fourth-order valence-electron chi connectivity index (χ4n) is 4.16. The number of hydrogen-bond acceptors (Lipinski definition) is 7. The summed E-state index contributed by atoms with van der Waals surface area (Å²) in [6.45, 7) is 3.96. The zero-order valence-corrected chi connectivity index (χ0v) is 24.2. The number of fused-ring (bicyclic) bond motifs is 1. The lowest BCUT2D eigenvalue weighted by atomic mass is 9.97. The molecule has 0 saturated carbocycles. The van der Waals surface area contributed by atoms with E-state index in [4.69, 9.17) is 13.1 Å². The molecule has 0 radical (unpaired) electrons. The number of hydrogen-bond donors (Lipinski definition) is 0. The van der Waals surface area contributed by atoms with Gasteiger partial charge in [-0.25, -0.2) is 3.63 Å². The minimum atomic E-state index is -6.28. The van der Waals surface area contributed by atoms with Gasteiger partial charge in [0.1, 0.15) is 12.4 Å². The quantitative estimate of drug-likeness (QED) is 0.169. The highest BCUT2D eigenvalue weighted by atomic mass is 32.3. The van der Waals surface area contributed by atoms with E-state index in [-0.39, 0.29) is 18.1 Å². The summed E-state index contributed by atoms with van der Waals surface area (Å²) in [4.78, 5) is 12.4. The van der Waals surface area contributed by atoms with Crippen molar-refractivity contribution in [2.45, 2.75) is 62.5 Å². The molecule has 1 saturated heterocycles. The summed E-state index contributed by atoms with van der Waals surface area (Å²) >= 11 is 0. The monoisotopic (exact) mass is 616 g/mol. The summed E-state index contributed by atoms with van der Waals surface area (Å²) in [6.07, 6.45) is -8.66. The van der Waals surface area contributed by atoms with Gasteiger partial charge in [0.05, 0.1) is 12.0 Å². The van der Waals surface area contributed by atoms with E-state index in [9.17, 15) is 26.4 Å². The molecule has 0 bridgehead atoms. The maximum absolute atomic E-state index is 15.4. The molecular weight excluding hydrogens is 583 g/mol. The Bertz CT molecular complexity index is 1300. The lowest BCUT2D eigenvalue weighted by Crippen LogP contribution is -2.54. The highest BCUT2D eigenvalue weighted by Crippen LogP contribution is 2.64. The largest absolute Gasteiger partial charge is 0.491 e. The van der Waals surface area contributed by atoms with E-state index in [0.717, 1.165) is 20.8 Å². The zero-order chi connectivity index (χ0) is 30.0. The molecule has 1 unspecified atom stereocenters. The van der Waals surface area contributed by atoms with Gasteiger partial charge in [0.2, 0.25) is 0 Å². The van der Waals surface area contributed by atoms with Crippen LogP contribution in [-0.2, 0) is 28.0 Å². The molecule has 3 rings (SSSR count). The van der Waals surface area contributed by atoms with Gasteiger partial charge in [0.15, 0.2) is 0 Å². The molecule has 2 aromatic rings. The van der Waals surface area contributed by atoms with Gasteiger partial charge in [-0.3, -0.25) is 4.79 Å². The van der Waals surface area contributed by atoms with Crippen LogP contribution in [0, 0.1) is 5.41 Å². The lowest BCUT2D eigenvalue weighted by Gasteiger charge is -2.43. The molecule has 7 nitrogen and oxygen atoms in total. The third-order valence-corrected chi connectivity index (χ3v) is 11.9. The normalized spacial score (nSPS) is 18.2. The Morgan fingerprint density at radius 1 is 0.925 bits per heavy atom. The first kappa shape index (κ1) is 32.4. The van der Waals surface area contributed by atoms with Crippen LogP contribution in [0.5, 0.6) is 5.75 Å². The van der Waals surface area contributed by atoms with Crippen molar-refractivity contribution in [3.05, 3.63) is 36.4 Å². The number of esters is 1. The molecule has 2 aromatic carbocycles. The molecule has 226 valence electrons. The molecule has 1 atom stereocenters. The molecule has 40 heavy (non-hydrogen) atoms. The zero-order valence-electron chi connectivity index (χ0n) is 22.6. The number of alkyl halides is 5. The second-order valence-corrected chi connectivity index (χ2v) is 15.3. The maximum Gasteiger partial charge on any atom is 0.432 e. The fraction of sp³-hybridized carbons (Fsp3) is 0.577. The molecular formula is C26H33F5O7S2. The van der Waals surface area contributed by atoms with Crippen LogP contribution in [0.25, 0.3) is 10.8 Å². The molecule has 1 heterocycles. The van der Waals surface area contributed by atoms with Gasteiger partial charge < -0.3 is 14.2 Å². The molecule has 0 amide bonds. The Morgan fingerprint density at radius 2 is 1.52 bits per heavy atom. The number of halogens is 5. The lowest BCUT2D eigenvalue weighted by molar-refractivity contribution is -0.261. The Hall–Kier alpha value is -2.16. The number of methoxy groups -OCH3 is 1. The smallest absolute Gasteiger partial charge is 0.432 e. The topological polar surface area (TPSA) is 88.1 Å². The van der Waals surface area contributed by atoms with Crippen LogP contribution < -0.4 is 4.74 Å². The number of carbonyl (C=O) groups excluding carboxylic acids is 1. The first-order valence-electron chi connectivity index (χ1n) is 12.5. The van der Waals surface area contributed by atoms with E-state index >= 15 is 8.78 Å². The van der Waals surface area contributed by atoms with Gasteiger partial charge in [-0.2, -0.15) is 30.4 Å². The fourth-order valence-corrected chi connectivity index (χ4v) is 10.1. The molecule has 14 heteroatoms.